The Bertz CT molecular complexity index is 472. The molecule has 1 aromatic heterocycles. The van der Waals surface area contributed by atoms with E-state index < -0.39 is 0 Å². The van der Waals surface area contributed by atoms with Crippen LogP contribution in [0.25, 0.3) is 0 Å². The number of amides is 1. The minimum absolute atomic E-state index is 0.208. The third-order valence-electron chi connectivity index (χ3n) is 3.29. The zero-order chi connectivity index (χ0) is 13.8. The van der Waals surface area contributed by atoms with Crippen molar-refractivity contribution in [2.24, 2.45) is 0 Å². The number of likely N-dealkylation sites (tertiary alicyclic amines) is 1. The Morgan fingerprint density at radius 1 is 1.32 bits per heavy atom. The molecular weight excluding hydrogens is 264 g/mol. The van der Waals surface area contributed by atoms with E-state index in [-0.39, 0.29) is 5.91 Å². The molecule has 0 atom stereocenters. The molecule has 0 aliphatic carbocycles. The smallest absolute Gasteiger partial charge is 0.224 e. The molecule has 104 valence electrons. The topological polar surface area (TPSA) is 58.1 Å². The number of hydrogen-bond donors (Lipinski definition) is 1. The van der Waals surface area contributed by atoms with Crippen molar-refractivity contribution in [3.05, 3.63) is 16.5 Å². The van der Waals surface area contributed by atoms with Crippen LogP contribution in [0.2, 0.25) is 5.15 Å². The molecule has 19 heavy (non-hydrogen) atoms. The fourth-order valence-corrected chi connectivity index (χ4v) is 2.39. The highest BCUT2D eigenvalue weighted by Gasteiger charge is 2.17. The molecule has 1 aromatic rings. The van der Waals surface area contributed by atoms with Gasteiger partial charge in [0.15, 0.2) is 0 Å². The highest BCUT2D eigenvalue weighted by molar-refractivity contribution is 6.30. The number of aromatic nitrogens is 2. The highest BCUT2D eigenvalue weighted by atomic mass is 35.5. The Morgan fingerprint density at radius 3 is 2.68 bits per heavy atom. The summed E-state index contributed by atoms with van der Waals surface area (Å²) in [6.07, 6.45) is 2.73. The normalized spacial score (nSPS) is 14.8. The maximum atomic E-state index is 11.9. The summed E-state index contributed by atoms with van der Waals surface area (Å²) in [6.45, 7) is 6.04. The average Bonchev–Trinajstić information content (AvgIpc) is 2.88. The lowest BCUT2D eigenvalue weighted by Crippen LogP contribution is -2.29. The first-order valence-electron chi connectivity index (χ1n) is 6.60. The third kappa shape index (κ3) is 3.56. The number of nitrogens with zero attached hydrogens (tertiary/aromatic N) is 3. The molecule has 0 unspecified atom stereocenters. The first-order chi connectivity index (χ1) is 9.08. The summed E-state index contributed by atoms with van der Waals surface area (Å²) in [5.74, 6) is 1.55. The largest absolute Gasteiger partial charge is 0.369 e. The molecule has 0 bridgehead atoms. The molecular formula is C13H19ClN4O. The molecule has 1 aliphatic heterocycles. The van der Waals surface area contributed by atoms with Crippen molar-refractivity contribution in [2.75, 3.05) is 25.0 Å². The predicted molar refractivity (Wildman–Crippen MR) is 75.4 cm³/mol. The van der Waals surface area contributed by atoms with Gasteiger partial charge >= 0.3 is 0 Å². The van der Waals surface area contributed by atoms with Crippen LogP contribution >= 0.6 is 11.6 Å². The van der Waals surface area contributed by atoms with Gasteiger partial charge in [0.25, 0.3) is 0 Å². The summed E-state index contributed by atoms with van der Waals surface area (Å²) in [4.78, 5) is 22.2. The Labute approximate surface area is 118 Å². The van der Waals surface area contributed by atoms with Gasteiger partial charge in [-0.1, -0.05) is 11.6 Å². The molecule has 0 saturated carbocycles. The van der Waals surface area contributed by atoms with E-state index in [4.69, 9.17) is 11.6 Å². The van der Waals surface area contributed by atoms with E-state index in [1.807, 2.05) is 11.8 Å². The van der Waals surface area contributed by atoms with E-state index in [1.54, 1.807) is 6.92 Å². The van der Waals surface area contributed by atoms with E-state index in [0.717, 1.165) is 31.5 Å². The Morgan fingerprint density at radius 2 is 2.00 bits per heavy atom. The van der Waals surface area contributed by atoms with E-state index in [0.29, 0.717) is 29.8 Å². The number of rotatable bonds is 4. The summed E-state index contributed by atoms with van der Waals surface area (Å²) < 4.78 is 0. The van der Waals surface area contributed by atoms with Crippen LogP contribution in [0.5, 0.6) is 0 Å². The van der Waals surface area contributed by atoms with Crippen LogP contribution in [0.15, 0.2) is 0 Å². The summed E-state index contributed by atoms with van der Waals surface area (Å²) in [6, 6.07) is 0. The maximum absolute atomic E-state index is 11.9. The second-order valence-corrected chi connectivity index (χ2v) is 5.16. The van der Waals surface area contributed by atoms with Crippen molar-refractivity contribution >= 4 is 23.3 Å². The van der Waals surface area contributed by atoms with Gasteiger partial charge in [0, 0.05) is 31.6 Å². The van der Waals surface area contributed by atoms with E-state index in [1.165, 1.54) is 0 Å². The first kappa shape index (κ1) is 14.1. The molecule has 2 rings (SSSR count). The zero-order valence-electron chi connectivity index (χ0n) is 11.4. The quantitative estimate of drug-likeness (QED) is 0.860. The number of halogens is 1. The van der Waals surface area contributed by atoms with Gasteiger partial charge in [-0.15, -0.1) is 0 Å². The van der Waals surface area contributed by atoms with E-state index >= 15 is 0 Å². The average molecular weight is 283 g/mol. The van der Waals surface area contributed by atoms with Gasteiger partial charge in [-0.2, -0.15) is 0 Å². The third-order valence-corrected chi connectivity index (χ3v) is 3.66. The summed E-state index contributed by atoms with van der Waals surface area (Å²) in [7, 11) is 0. The number of carbonyl (C=O) groups is 1. The van der Waals surface area contributed by atoms with Gasteiger partial charge in [0.1, 0.15) is 16.8 Å². The van der Waals surface area contributed by atoms with Gasteiger partial charge in [-0.25, -0.2) is 9.97 Å². The molecule has 1 amide bonds. The van der Waals surface area contributed by atoms with E-state index in [2.05, 4.69) is 15.3 Å². The lowest BCUT2D eigenvalue weighted by molar-refractivity contribution is -0.129. The van der Waals surface area contributed by atoms with Crippen LogP contribution < -0.4 is 5.32 Å². The van der Waals surface area contributed by atoms with Gasteiger partial charge in [-0.05, 0) is 26.7 Å². The minimum atomic E-state index is 0.208. The standard InChI is InChI=1S/C13H19ClN4O/c1-9-12(14)16-10(2)17-13(9)15-6-5-11(19)18-7-3-4-8-18/h3-8H2,1-2H3,(H,15,16,17). The number of anilines is 1. The zero-order valence-corrected chi connectivity index (χ0v) is 12.1. The summed E-state index contributed by atoms with van der Waals surface area (Å²) in [5.41, 5.74) is 0.820. The van der Waals surface area contributed by atoms with Gasteiger partial charge in [0.2, 0.25) is 5.91 Å². The van der Waals surface area contributed by atoms with Crippen LogP contribution in [0, 0.1) is 13.8 Å². The van der Waals surface area contributed by atoms with Crippen molar-refractivity contribution in [1.29, 1.82) is 0 Å². The molecule has 1 N–H and O–H groups in total. The van der Waals surface area contributed by atoms with Crippen molar-refractivity contribution in [3.63, 3.8) is 0 Å². The molecule has 1 fully saturated rings. The molecule has 0 spiro atoms. The monoisotopic (exact) mass is 282 g/mol. The molecule has 0 radical (unpaired) electrons. The number of nitrogens with one attached hydrogen (secondary N) is 1. The summed E-state index contributed by atoms with van der Waals surface area (Å²) in [5, 5.41) is 3.63. The molecule has 1 saturated heterocycles. The molecule has 2 heterocycles. The predicted octanol–water partition coefficient (Wildman–Crippen LogP) is 2.17. The number of hydrogen-bond acceptors (Lipinski definition) is 4. The molecule has 0 aromatic carbocycles. The highest BCUT2D eigenvalue weighted by Crippen LogP contribution is 2.19. The molecule has 6 heteroatoms. The molecule has 5 nitrogen and oxygen atoms in total. The minimum Gasteiger partial charge on any atom is -0.369 e. The first-order valence-corrected chi connectivity index (χ1v) is 6.98. The lowest BCUT2D eigenvalue weighted by Gasteiger charge is -2.16. The van der Waals surface area contributed by atoms with Gasteiger partial charge in [-0.3, -0.25) is 4.79 Å². The SMILES string of the molecule is Cc1nc(Cl)c(C)c(NCCC(=O)N2CCCC2)n1. The summed E-state index contributed by atoms with van der Waals surface area (Å²) >= 11 is 6.00. The second kappa shape index (κ2) is 6.19. The van der Waals surface area contributed by atoms with Crippen LogP contribution in [0.1, 0.15) is 30.7 Å². The molecule has 1 aliphatic rings. The fraction of sp³-hybridized carbons (Fsp3) is 0.615. The number of aryl methyl sites for hydroxylation is 1. The lowest BCUT2D eigenvalue weighted by atomic mass is 10.3. The van der Waals surface area contributed by atoms with E-state index in [9.17, 15) is 4.79 Å². The Kier molecular flexibility index (Phi) is 4.58. The Hall–Kier alpha value is -1.36. The van der Waals surface area contributed by atoms with Crippen molar-refractivity contribution in [2.45, 2.75) is 33.1 Å². The van der Waals surface area contributed by atoms with Gasteiger partial charge in [0.05, 0.1) is 0 Å². The maximum Gasteiger partial charge on any atom is 0.224 e. The fourth-order valence-electron chi connectivity index (χ4n) is 2.18. The van der Waals surface area contributed by atoms with Crippen LogP contribution in [0.3, 0.4) is 0 Å². The Balaban J connectivity index is 1.87. The van der Waals surface area contributed by atoms with Crippen LogP contribution in [0.4, 0.5) is 5.82 Å². The van der Waals surface area contributed by atoms with Crippen molar-refractivity contribution in [3.8, 4) is 0 Å². The van der Waals surface area contributed by atoms with Gasteiger partial charge < -0.3 is 10.2 Å². The van der Waals surface area contributed by atoms with Crippen LogP contribution in [-0.2, 0) is 4.79 Å². The van der Waals surface area contributed by atoms with Crippen molar-refractivity contribution in [1.82, 2.24) is 14.9 Å². The van der Waals surface area contributed by atoms with Crippen molar-refractivity contribution < 1.29 is 4.79 Å². The van der Waals surface area contributed by atoms with Crippen LogP contribution in [-0.4, -0.2) is 40.4 Å². The number of carbonyl (C=O) groups excluding carboxylic acids is 1. The second-order valence-electron chi connectivity index (χ2n) is 4.80.